The molecule has 1 aromatic heterocycles. The van der Waals surface area contributed by atoms with Crippen LogP contribution >= 0.6 is 0 Å². The maximum Gasteiger partial charge on any atom is 0.343 e. The molecule has 0 fully saturated rings. The molecule has 2 N–H and O–H groups in total. The summed E-state index contributed by atoms with van der Waals surface area (Å²) in [6, 6.07) is 0. The van der Waals surface area contributed by atoms with Crippen molar-refractivity contribution in [3.05, 3.63) is 11.8 Å². The van der Waals surface area contributed by atoms with Crippen LogP contribution in [-0.4, -0.2) is 22.4 Å². The Morgan fingerprint density at radius 2 is 2.38 bits per heavy atom. The number of esters is 1. The molecule has 0 saturated carbocycles. The number of aromatic nitrogens is 2. The minimum atomic E-state index is -0.417. The predicted molar refractivity (Wildman–Crippen MR) is 48.3 cm³/mol. The van der Waals surface area contributed by atoms with Gasteiger partial charge < -0.3 is 10.5 Å². The zero-order chi connectivity index (χ0) is 9.84. The van der Waals surface area contributed by atoms with Crippen LogP contribution in [0.3, 0.4) is 0 Å². The largest absolute Gasteiger partial charge is 0.462 e. The average molecular weight is 183 g/mol. The van der Waals surface area contributed by atoms with E-state index in [9.17, 15) is 4.79 Å². The summed E-state index contributed by atoms with van der Waals surface area (Å²) in [5.41, 5.74) is 5.98. The Labute approximate surface area is 76.5 Å². The van der Waals surface area contributed by atoms with Gasteiger partial charge in [0.05, 0.1) is 12.8 Å². The van der Waals surface area contributed by atoms with Gasteiger partial charge in [-0.3, -0.25) is 0 Å². The van der Waals surface area contributed by atoms with E-state index in [-0.39, 0.29) is 0 Å². The van der Waals surface area contributed by atoms with Gasteiger partial charge in [-0.1, -0.05) is 0 Å². The fraction of sp³-hybridized carbons (Fsp3) is 0.500. The monoisotopic (exact) mass is 183 g/mol. The first-order valence-corrected chi connectivity index (χ1v) is 4.19. The third kappa shape index (κ3) is 1.80. The minimum Gasteiger partial charge on any atom is -0.462 e. The van der Waals surface area contributed by atoms with Gasteiger partial charge in [0.1, 0.15) is 11.4 Å². The quantitative estimate of drug-likeness (QED) is 0.699. The lowest BCUT2D eigenvalue weighted by Gasteiger charge is -2.01. The summed E-state index contributed by atoms with van der Waals surface area (Å²) in [4.78, 5) is 11.2. The molecule has 0 aromatic carbocycles. The molecule has 0 aliphatic carbocycles. The fourth-order valence-electron chi connectivity index (χ4n) is 1.01. The molecule has 13 heavy (non-hydrogen) atoms. The molecule has 72 valence electrons. The number of aryl methyl sites for hydroxylation is 1. The summed E-state index contributed by atoms with van der Waals surface area (Å²) in [6.45, 7) is 4.64. The van der Waals surface area contributed by atoms with Crippen molar-refractivity contribution in [2.45, 2.75) is 20.4 Å². The van der Waals surface area contributed by atoms with Crippen LogP contribution in [0.1, 0.15) is 24.2 Å². The normalized spacial score (nSPS) is 10.0. The number of hydrogen-bond donors (Lipinski definition) is 1. The van der Waals surface area contributed by atoms with E-state index in [4.69, 9.17) is 10.5 Å². The Morgan fingerprint density at radius 3 is 2.85 bits per heavy atom. The first-order valence-electron chi connectivity index (χ1n) is 4.19. The highest BCUT2D eigenvalue weighted by molar-refractivity contribution is 5.93. The number of ether oxygens (including phenoxy) is 1. The third-order valence-electron chi connectivity index (χ3n) is 1.68. The van der Waals surface area contributed by atoms with E-state index in [0.717, 1.165) is 0 Å². The highest BCUT2D eigenvalue weighted by Crippen LogP contribution is 2.11. The van der Waals surface area contributed by atoms with Crippen LogP contribution in [0.2, 0.25) is 0 Å². The fourth-order valence-corrected chi connectivity index (χ4v) is 1.01. The van der Waals surface area contributed by atoms with Crippen molar-refractivity contribution in [2.24, 2.45) is 0 Å². The summed E-state index contributed by atoms with van der Waals surface area (Å²) in [6.07, 6.45) is 1.43. The Morgan fingerprint density at radius 1 is 1.69 bits per heavy atom. The lowest BCUT2D eigenvalue weighted by atomic mass is 10.3. The second-order valence-electron chi connectivity index (χ2n) is 2.48. The van der Waals surface area contributed by atoms with Gasteiger partial charge in [-0.2, -0.15) is 5.10 Å². The van der Waals surface area contributed by atoms with Crippen LogP contribution in [0.25, 0.3) is 0 Å². The minimum absolute atomic E-state index is 0.337. The second-order valence-corrected chi connectivity index (χ2v) is 2.48. The number of nitrogens with two attached hydrogens (primary N) is 1. The van der Waals surface area contributed by atoms with Crippen molar-refractivity contribution in [3.63, 3.8) is 0 Å². The second kappa shape index (κ2) is 3.93. The van der Waals surface area contributed by atoms with Gasteiger partial charge in [0.15, 0.2) is 0 Å². The van der Waals surface area contributed by atoms with Crippen molar-refractivity contribution >= 4 is 11.8 Å². The molecule has 5 heteroatoms. The Balaban J connectivity index is 2.89. The molecule has 1 aromatic rings. The van der Waals surface area contributed by atoms with Crippen LogP contribution in [0, 0.1) is 0 Å². The van der Waals surface area contributed by atoms with Crippen molar-refractivity contribution in [3.8, 4) is 0 Å². The average Bonchev–Trinajstić information content (AvgIpc) is 2.47. The number of rotatable bonds is 3. The van der Waals surface area contributed by atoms with Crippen LogP contribution in [0.15, 0.2) is 6.20 Å². The van der Waals surface area contributed by atoms with Gasteiger partial charge in [0.25, 0.3) is 0 Å². The van der Waals surface area contributed by atoms with E-state index in [1.54, 1.807) is 11.6 Å². The molecule has 5 nitrogen and oxygen atoms in total. The Hall–Kier alpha value is -1.52. The number of carbonyl (C=O) groups excluding carboxylic acids is 1. The lowest BCUT2D eigenvalue weighted by molar-refractivity contribution is 0.0527. The first-order chi connectivity index (χ1) is 6.20. The summed E-state index contributed by atoms with van der Waals surface area (Å²) >= 11 is 0. The van der Waals surface area contributed by atoms with Crippen LogP contribution in [-0.2, 0) is 11.3 Å². The molecule has 0 aliphatic rings. The van der Waals surface area contributed by atoms with E-state index in [1.807, 2.05) is 6.92 Å². The van der Waals surface area contributed by atoms with Crippen molar-refractivity contribution in [1.82, 2.24) is 9.78 Å². The SMILES string of the molecule is CCOC(=O)c1cnn(CC)c1N. The molecule has 0 spiro atoms. The third-order valence-corrected chi connectivity index (χ3v) is 1.68. The topological polar surface area (TPSA) is 70.1 Å². The maximum atomic E-state index is 11.2. The number of hydrogen-bond acceptors (Lipinski definition) is 4. The Kier molecular flexibility index (Phi) is 2.89. The molecule has 0 saturated heterocycles. The molecule has 1 rings (SSSR count). The highest BCUT2D eigenvalue weighted by atomic mass is 16.5. The molecule has 0 atom stereocenters. The van der Waals surface area contributed by atoms with Gasteiger partial charge >= 0.3 is 5.97 Å². The molecule has 1 heterocycles. The van der Waals surface area contributed by atoms with E-state index in [2.05, 4.69) is 5.10 Å². The van der Waals surface area contributed by atoms with E-state index < -0.39 is 5.97 Å². The van der Waals surface area contributed by atoms with Gasteiger partial charge in [-0.25, -0.2) is 9.48 Å². The molecule has 0 unspecified atom stereocenters. The smallest absolute Gasteiger partial charge is 0.343 e. The molecular formula is C8H13N3O2. The maximum absolute atomic E-state index is 11.2. The number of carbonyl (C=O) groups is 1. The molecular weight excluding hydrogens is 170 g/mol. The molecule has 0 aliphatic heterocycles. The summed E-state index contributed by atoms with van der Waals surface area (Å²) in [7, 11) is 0. The van der Waals surface area contributed by atoms with E-state index in [1.165, 1.54) is 6.20 Å². The summed E-state index contributed by atoms with van der Waals surface area (Å²) < 4.78 is 6.34. The van der Waals surface area contributed by atoms with Crippen molar-refractivity contribution < 1.29 is 9.53 Å². The van der Waals surface area contributed by atoms with E-state index >= 15 is 0 Å². The van der Waals surface area contributed by atoms with Gasteiger partial charge in [0, 0.05) is 6.54 Å². The zero-order valence-corrected chi connectivity index (χ0v) is 7.78. The number of nitrogen functional groups attached to an aromatic ring is 1. The Bertz CT molecular complexity index is 306. The molecule has 0 amide bonds. The highest BCUT2D eigenvalue weighted by Gasteiger charge is 2.14. The van der Waals surface area contributed by atoms with E-state index in [0.29, 0.717) is 24.5 Å². The standard InChI is InChI=1S/C8H13N3O2/c1-3-11-7(9)6(5-10-11)8(12)13-4-2/h5H,3-4,9H2,1-2H3. The first kappa shape index (κ1) is 9.57. The summed E-state index contributed by atoms with van der Waals surface area (Å²) in [5, 5.41) is 3.93. The molecule has 0 radical (unpaired) electrons. The number of nitrogens with zero attached hydrogens (tertiary/aromatic N) is 2. The summed E-state index contributed by atoms with van der Waals surface area (Å²) in [5.74, 6) is -0.0550. The lowest BCUT2D eigenvalue weighted by Crippen LogP contribution is -2.09. The van der Waals surface area contributed by atoms with Crippen LogP contribution in [0.4, 0.5) is 5.82 Å². The van der Waals surface area contributed by atoms with Crippen molar-refractivity contribution in [2.75, 3.05) is 12.3 Å². The molecule has 0 bridgehead atoms. The zero-order valence-electron chi connectivity index (χ0n) is 7.78. The van der Waals surface area contributed by atoms with Gasteiger partial charge in [0.2, 0.25) is 0 Å². The van der Waals surface area contributed by atoms with Crippen LogP contribution in [0.5, 0.6) is 0 Å². The van der Waals surface area contributed by atoms with Crippen molar-refractivity contribution in [1.29, 1.82) is 0 Å². The predicted octanol–water partition coefficient (Wildman–Crippen LogP) is 0.662. The van der Waals surface area contributed by atoms with Gasteiger partial charge in [-0.05, 0) is 13.8 Å². The van der Waals surface area contributed by atoms with Crippen LogP contribution < -0.4 is 5.73 Å². The van der Waals surface area contributed by atoms with Gasteiger partial charge in [-0.15, -0.1) is 0 Å². The number of anilines is 1.